The molecule has 144 valence electrons. The number of methoxy groups -OCH3 is 1. The normalized spacial score (nSPS) is 10.1. The quantitative estimate of drug-likeness (QED) is 0.665. The van der Waals surface area contributed by atoms with Crippen molar-refractivity contribution in [1.29, 1.82) is 0 Å². The molecule has 0 radical (unpaired) electrons. The first-order chi connectivity index (χ1) is 13.0. The average Bonchev–Trinajstić information content (AvgIpc) is 2.67. The fraction of sp³-hybridized carbons (Fsp3) is 0.300. The highest BCUT2D eigenvalue weighted by atomic mass is 16.5. The number of aliphatic carboxylic acids is 1. The summed E-state index contributed by atoms with van der Waals surface area (Å²) in [5, 5.41) is 11.4. The third-order valence-electron chi connectivity index (χ3n) is 3.71. The van der Waals surface area contributed by atoms with E-state index in [1.165, 1.54) is 7.11 Å². The van der Waals surface area contributed by atoms with Gasteiger partial charge in [-0.3, -0.25) is 4.79 Å². The number of amides is 1. The monoisotopic (exact) mass is 373 g/mol. The molecule has 0 saturated carbocycles. The summed E-state index contributed by atoms with van der Waals surface area (Å²) < 4.78 is 15.8. The van der Waals surface area contributed by atoms with E-state index in [0.29, 0.717) is 42.4 Å². The van der Waals surface area contributed by atoms with Gasteiger partial charge >= 0.3 is 5.97 Å². The van der Waals surface area contributed by atoms with Gasteiger partial charge < -0.3 is 24.6 Å². The lowest BCUT2D eigenvalue weighted by Gasteiger charge is -2.11. The summed E-state index contributed by atoms with van der Waals surface area (Å²) in [6.45, 7) is 2.48. The van der Waals surface area contributed by atoms with Gasteiger partial charge in [0.25, 0.3) is 5.91 Å². The molecule has 0 atom stereocenters. The van der Waals surface area contributed by atoms with E-state index in [1.807, 2.05) is 19.1 Å². The van der Waals surface area contributed by atoms with Gasteiger partial charge in [-0.2, -0.15) is 0 Å². The van der Waals surface area contributed by atoms with Crippen LogP contribution in [0.5, 0.6) is 17.2 Å². The Labute approximate surface area is 157 Å². The lowest BCUT2D eigenvalue weighted by atomic mass is 10.1. The summed E-state index contributed by atoms with van der Waals surface area (Å²) >= 11 is 0. The topological polar surface area (TPSA) is 94.1 Å². The standard InChI is InChI=1S/C20H23NO6/c1-3-26-17-9-6-15(12-18(17)25-2)20(24)21-11-10-14-4-7-16(8-5-14)27-13-19(22)23/h4-9,12H,3,10-11,13H2,1-2H3,(H,21,24)(H,22,23). The number of ether oxygens (including phenoxy) is 3. The van der Waals surface area contributed by atoms with Gasteiger partial charge in [-0.15, -0.1) is 0 Å². The highest BCUT2D eigenvalue weighted by Gasteiger charge is 2.10. The van der Waals surface area contributed by atoms with Crippen LogP contribution in [-0.4, -0.2) is 43.9 Å². The molecular weight excluding hydrogens is 350 g/mol. The Balaban J connectivity index is 1.86. The van der Waals surface area contributed by atoms with Crippen LogP contribution in [0.2, 0.25) is 0 Å². The molecule has 0 saturated heterocycles. The lowest BCUT2D eigenvalue weighted by molar-refractivity contribution is -0.139. The predicted molar refractivity (Wildman–Crippen MR) is 99.8 cm³/mol. The minimum atomic E-state index is -1.02. The fourth-order valence-corrected chi connectivity index (χ4v) is 2.40. The van der Waals surface area contributed by atoms with Crippen LogP contribution in [0.15, 0.2) is 42.5 Å². The van der Waals surface area contributed by atoms with Crippen molar-refractivity contribution in [2.75, 3.05) is 26.9 Å². The van der Waals surface area contributed by atoms with Crippen molar-refractivity contribution in [3.05, 3.63) is 53.6 Å². The molecule has 0 aromatic heterocycles. The van der Waals surface area contributed by atoms with Gasteiger partial charge in [0.05, 0.1) is 13.7 Å². The molecule has 2 rings (SSSR count). The van der Waals surface area contributed by atoms with Crippen molar-refractivity contribution in [3.8, 4) is 17.2 Å². The van der Waals surface area contributed by atoms with E-state index in [1.54, 1.807) is 30.3 Å². The summed E-state index contributed by atoms with van der Waals surface area (Å²) in [5.74, 6) is 0.389. The number of rotatable bonds is 10. The zero-order valence-corrected chi connectivity index (χ0v) is 15.4. The van der Waals surface area contributed by atoms with Gasteiger partial charge in [-0.25, -0.2) is 4.79 Å². The van der Waals surface area contributed by atoms with Gasteiger partial charge in [0.1, 0.15) is 5.75 Å². The number of carboxylic acids is 1. The zero-order chi connectivity index (χ0) is 19.6. The molecule has 0 aliphatic rings. The van der Waals surface area contributed by atoms with Crippen LogP contribution in [0.4, 0.5) is 0 Å². The molecule has 0 spiro atoms. The van der Waals surface area contributed by atoms with E-state index < -0.39 is 5.97 Å². The second kappa shape index (κ2) is 10.1. The van der Waals surface area contributed by atoms with Gasteiger partial charge in [0.15, 0.2) is 18.1 Å². The highest BCUT2D eigenvalue weighted by molar-refractivity contribution is 5.94. The number of nitrogens with one attached hydrogen (secondary N) is 1. The first-order valence-corrected chi connectivity index (χ1v) is 8.56. The van der Waals surface area contributed by atoms with Crippen molar-refractivity contribution in [2.45, 2.75) is 13.3 Å². The first-order valence-electron chi connectivity index (χ1n) is 8.56. The summed E-state index contributed by atoms with van der Waals surface area (Å²) in [7, 11) is 1.53. The van der Waals surface area contributed by atoms with E-state index in [-0.39, 0.29) is 12.5 Å². The Hall–Kier alpha value is -3.22. The molecule has 27 heavy (non-hydrogen) atoms. The van der Waals surface area contributed by atoms with Crippen LogP contribution < -0.4 is 19.5 Å². The van der Waals surface area contributed by atoms with Crippen molar-refractivity contribution >= 4 is 11.9 Å². The van der Waals surface area contributed by atoms with Crippen LogP contribution >= 0.6 is 0 Å². The minimum absolute atomic E-state index is 0.197. The molecule has 2 N–H and O–H groups in total. The molecule has 0 aliphatic carbocycles. The van der Waals surface area contributed by atoms with Crippen LogP contribution in [0.3, 0.4) is 0 Å². The Morgan fingerprint density at radius 1 is 1.04 bits per heavy atom. The minimum Gasteiger partial charge on any atom is -0.493 e. The van der Waals surface area contributed by atoms with E-state index >= 15 is 0 Å². The van der Waals surface area contributed by atoms with Gasteiger partial charge in [-0.1, -0.05) is 12.1 Å². The smallest absolute Gasteiger partial charge is 0.341 e. The Morgan fingerprint density at radius 2 is 1.78 bits per heavy atom. The van der Waals surface area contributed by atoms with E-state index in [4.69, 9.17) is 19.3 Å². The third kappa shape index (κ3) is 6.22. The second-order valence-electron chi connectivity index (χ2n) is 5.63. The van der Waals surface area contributed by atoms with Gasteiger partial charge in [0.2, 0.25) is 0 Å². The maximum atomic E-state index is 12.3. The summed E-state index contributed by atoms with van der Waals surface area (Å²) in [6.07, 6.45) is 0.638. The third-order valence-corrected chi connectivity index (χ3v) is 3.71. The van der Waals surface area contributed by atoms with Crippen LogP contribution in [0, 0.1) is 0 Å². The van der Waals surface area contributed by atoms with Crippen LogP contribution in [-0.2, 0) is 11.2 Å². The van der Waals surface area contributed by atoms with Crippen molar-refractivity contribution in [2.24, 2.45) is 0 Å². The number of hydrogen-bond acceptors (Lipinski definition) is 5. The lowest BCUT2D eigenvalue weighted by Crippen LogP contribution is -2.25. The number of carboxylic acid groups (broad SMARTS) is 1. The van der Waals surface area contributed by atoms with E-state index in [9.17, 15) is 9.59 Å². The molecule has 2 aromatic carbocycles. The van der Waals surface area contributed by atoms with Gasteiger partial charge in [-0.05, 0) is 49.2 Å². The molecule has 0 heterocycles. The van der Waals surface area contributed by atoms with Crippen molar-refractivity contribution in [1.82, 2.24) is 5.32 Å². The first kappa shape index (κ1) is 20.1. The predicted octanol–water partition coefficient (Wildman–Crippen LogP) is 2.53. The second-order valence-corrected chi connectivity index (χ2v) is 5.63. The number of hydrogen-bond donors (Lipinski definition) is 2. The summed E-state index contributed by atoms with van der Waals surface area (Å²) in [6, 6.07) is 12.1. The van der Waals surface area contributed by atoms with E-state index in [0.717, 1.165) is 5.56 Å². The summed E-state index contributed by atoms with van der Waals surface area (Å²) in [4.78, 5) is 22.8. The van der Waals surface area contributed by atoms with Crippen molar-refractivity contribution in [3.63, 3.8) is 0 Å². The maximum absolute atomic E-state index is 12.3. The number of carbonyl (C=O) groups excluding carboxylic acids is 1. The fourth-order valence-electron chi connectivity index (χ4n) is 2.40. The molecular formula is C20H23NO6. The molecule has 7 heteroatoms. The number of carbonyl (C=O) groups is 2. The summed E-state index contributed by atoms with van der Waals surface area (Å²) in [5.41, 5.74) is 1.50. The molecule has 2 aromatic rings. The van der Waals surface area contributed by atoms with Gasteiger partial charge in [0, 0.05) is 12.1 Å². The average molecular weight is 373 g/mol. The highest BCUT2D eigenvalue weighted by Crippen LogP contribution is 2.27. The molecule has 7 nitrogen and oxygen atoms in total. The van der Waals surface area contributed by atoms with Crippen LogP contribution in [0.1, 0.15) is 22.8 Å². The Kier molecular flexibility index (Phi) is 7.49. The molecule has 0 bridgehead atoms. The molecule has 0 fully saturated rings. The Morgan fingerprint density at radius 3 is 2.41 bits per heavy atom. The number of benzene rings is 2. The van der Waals surface area contributed by atoms with E-state index in [2.05, 4.69) is 5.32 Å². The largest absolute Gasteiger partial charge is 0.493 e. The Bertz CT molecular complexity index is 773. The zero-order valence-electron chi connectivity index (χ0n) is 15.4. The van der Waals surface area contributed by atoms with Crippen LogP contribution in [0.25, 0.3) is 0 Å². The molecule has 0 aliphatic heterocycles. The maximum Gasteiger partial charge on any atom is 0.341 e. The molecule has 1 amide bonds. The molecule has 0 unspecified atom stereocenters. The SMILES string of the molecule is CCOc1ccc(C(=O)NCCc2ccc(OCC(=O)O)cc2)cc1OC. The van der Waals surface area contributed by atoms with Crippen molar-refractivity contribution < 1.29 is 28.9 Å².